The molecular formula is C52H35N3. The van der Waals surface area contributed by atoms with Gasteiger partial charge in [-0.25, -0.2) is 9.97 Å². The lowest BCUT2D eigenvalue weighted by atomic mass is 9.70. The van der Waals surface area contributed by atoms with Gasteiger partial charge in [-0.2, -0.15) is 0 Å². The van der Waals surface area contributed by atoms with Crippen molar-refractivity contribution in [2.24, 2.45) is 5.92 Å². The lowest BCUT2D eigenvalue weighted by Crippen LogP contribution is -2.19. The molecule has 7 aromatic carbocycles. The minimum absolute atomic E-state index is 0.247. The van der Waals surface area contributed by atoms with E-state index in [2.05, 4.69) is 205 Å². The monoisotopic (exact) mass is 701 g/mol. The summed E-state index contributed by atoms with van der Waals surface area (Å²) >= 11 is 0. The first kappa shape index (κ1) is 31.4. The van der Waals surface area contributed by atoms with Crippen LogP contribution >= 0.6 is 0 Å². The number of allylic oxidation sites excluding steroid dienone is 5. The molecule has 0 amide bonds. The molecule has 2 aliphatic carbocycles. The Hall–Kier alpha value is -7.10. The Balaban J connectivity index is 1.01. The van der Waals surface area contributed by atoms with Crippen molar-refractivity contribution in [1.29, 1.82) is 0 Å². The van der Waals surface area contributed by atoms with Gasteiger partial charge in [-0.3, -0.25) is 0 Å². The predicted octanol–water partition coefficient (Wildman–Crippen LogP) is 13.0. The molecule has 3 heteroatoms. The molecule has 2 aromatic heterocycles. The van der Waals surface area contributed by atoms with Crippen LogP contribution in [0.5, 0.6) is 0 Å². The van der Waals surface area contributed by atoms with Gasteiger partial charge in [-0.15, -0.1) is 0 Å². The van der Waals surface area contributed by atoms with E-state index in [1.807, 2.05) is 0 Å². The molecule has 11 rings (SSSR count). The molecule has 0 spiro atoms. The third kappa shape index (κ3) is 5.27. The molecule has 0 fully saturated rings. The molecule has 2 heterocycles. The van der Waals surface area contributed by atoms with E-state index in [0.29, 0.717) is 5.92 Å². The molecule has 0 saturated carbocycles. The maximum absolute atomic E-state index is 5.30. The molecule has 0 N–H and O–H groups in total. The normalized spacial score (nSPS) is 16.0. The van der Waals surface area contributed by atoms with Crippen LogP contribution in [0.3, 0.4) is 0 Å². The molecule has 1 unspecified atom stereocenters. The third-order valence-corrected chi connectivity index (χ3v) is 11.4. The standard InChI is InChI=1S/C52H35N3/c1-3-13-35(14-4-1)51-46-33-37(38-28-30-49-45(32-38)44-21-11-12-22-48(44)55(49)41-17-5-2-6-18-41)27-29-47(46)53-52(54-51)36-25-23-34(24-26-36)50-42-19-9-7-15-39(42)31-40-16-8-10-20-43(40)50/h1-33,42,50H/t42?,50-/m1/s1. The van der Waals surface area contributed by atoms with Crippen LogP contribution in [-0.2, 0) is 0 Å². The Labute approximate surface area is 319 Å². The van der Waals surface area contributed by atoms with Gasteiger partial charge >= 0.3 is 0 Å². The van der Waals surface area contributed by atoms with Gasteiger partial charge in [0.1, 0.15) is 0 Å². The van der Waals surface area contributed by atoms with Crippen molar-refractivity contribution >= 4 is 38.8 Å². The van der Waals surface area contributed by atoms with E-state index in [4.69, 9.17) is 9.97 Å². The Bertz CT molecular complexity index is 3020. The molecule has 0 bridgehead atoms. The number of hydrogen-bond acceptors (Lipinski definition) is 2. The second-order valence-corrected chi connectivity index (χ2v) is 14.6. The van der Waals surface area contributed by atoms with Crippen LogP contribution < -0.4 is 0 Å². The van der Waals surface area contributed by atoms with E-state index >= 15 is 0 Å². The zero-order valence-corrected chi connectivity index (χ0v) is 30.0. The fourth-order valence-electron chi connectivity index (χ4n) is 8.81. The quantitative estimate of drug-likeness (QED) is 0.179. The lowest BCUT2D eigenvalue weighted by Gasteiger charge is -2.33. The van der Waals surface area contributed by atoms with Gasteiger partial charge in [0.15, 0.2) is 5.82 Å². The van der Waals surface area contributed by atoms with Gasteiger partial charge in [0.25, 0.3) is 0 Å². The van der Waals surface area contributed by atoms with E-state index < -0.39 is 0 Å². The van der Waals surface area contributed by atoms with Crippen molar-refractivity contribution in [3.63, 3.8) is 0 Å². The van der Waals surface area contributed by atoms with Gasteiger partial charge in [0.2, 0.25) is 0 Å². The molecular weight excluding hydrogens is 667 g/mol. The minimum Gasteiger partial charge on any atom is -0.309 e. The topological polar surface area (TPSA) is 30.7 Å². The van der Waals surface area contributed by atoms with Crippen molar-refractivity contribution in [1.82, 2.24) is 14.5 Å². The van der Waals surface area contributed by atoms with Gasteiger partial charge in [0, 0.05) is 44.8 Å². The van der Waals surface area contributed by atoms with Crippen molar-refractivity contribution in [3.8, 4) is 39.5 Å². The van der Waals surface area contributed by atoms with Crippen molar-refractivity contribution in [2.45, 2.75) is 5.92 Å². The van der Waals surface area contributed by atoms with Crippen LogP contribution in [0.2, 0.25) is 0 Å². The maximum atomic E-state index is 5.30. The fourth-order valence-corrected chi connectivity index (χ4v) is 8.81. The van der Waals surface area contributed by atoms with Crippen LogP contribution in [0.4, 0.5) is 0 Å². The van der Waals surface area contributed by atoms with E-state index in [1.165, 1.54) is 44.1 Å². The largest absolute Gasteiger partial charge is 0.309 e. The fraction of sp³-hybridized carbons (Fsp3) is 0.0385. The first-order chi connectivity index (χ1) is 27.3. The number of para-hydroxylation sites is 2. The van der Waals surface area contributed by atoms with Crippen molar-refractivity contribution in [2.75, 3.05) is 0 Å². The van der Waals surface area contributed by atoms with E-state index in [9.17, 15) is 0 Å². The van der Waals surface area contributed by atoms with Gasteiger partial charge in [-0.1, -0.05) is 158 Å². The SMILES string of the molecule is C1=CC2=Cc3ccccc3[C@H](c3ccc(-c4nc(-c5ccccc5)c5cc(-c6ccc7c(c6)c6ccccc6n7-c6ccccc6)ccc5n4)cc3)C2C=C1. The first-order valence-electron chi connectivity index (χ1n) is 19.0. The summed E-state index contributed by atoms with van der Waals surface area (Å²) < 4.78 is 2.36. The highest BCUT2D eigenvalue weighted by molar-refractivity contribution is 6.10. The summed E-state index contributed by atoms with van der Waals surface area (Å²) in [5.74, 6) is 1.28. The smallest absolute Gasteiger partial charge is 0.160 e. The number of nitrogens with zero attached hydrogens (tertiary/aromatic N) is 3. The Morgan fingerprint density at radius 3 is 2.04 bits per heavy atom. The molecule has 0 aliphatic heterocycles. The summed E-state index contributed by atoms with van der Waals surface area (Å²) in [5, 5.41) is 3.51. The summed E-state index contributed by atoms with van der Waals surface area (Å²) in [4.78, 5) is 10.5. The Kier molecular flexibility index (Phi) is 7.31. The maximum Gasteiger partial charge on any atom is 0.160 e. The van der Waals surface area contributed by atoms with E-state index in [1.54, 1.807) is 0 Å². The Morgan fingerprint density at radius 2 is 1.18 bits per heavy atom. The lowest BCUT2D eigenvalue weighted by molar-refractivity contribution is 0.652. The van der Waals surface area contributed by atoms with Crippen LogP contribution in [0.15, 0.2) is 200 Å². The van der Waals surface area contributed by atoms with E-state index in [-0.39, 0.29) is 5.92 Å². The third-order valence-electron chi connectivity index (χ3n) is 11.4. The predicted molar refractivity (Wildman–Crippen MR) is 228 cm³/mol. The summed E-state index contributed by atoms with van der Waals surface area (Å²) in [6, 6.07) is 61.0. The first-order valence-corrected chi connectivity index (χ1v) is 19.0. The summed E-state index contributed by atoms with van der Waals surface area (Å²) in [7, 11) is 0. The van der Waals surface area contributed by atoms with Gasteiger partial charge in [0.05, 0.1) is 22.2 Å². The van der Waals surface area contributed by atoms with Gasteiger partial charge < -0.3 is 4.57 Å². The van der Waals surface area contributed by atoms with Gasteiger partial charge in [-0.05, 0) is 75.9 Å². The number of hydrogen-bond donors (Lipinski definition) is 0. The average Bonchev–Trinajstić information content (AvgIpc) is 3.59. The van der Waals surface area contributed by atoms with Crippen molar-refractivity contribution < 1.29 is 0 Å². The minimum atomic E-state index is 0.247. The average molecular weight is 702 g/mol. The molecule has 0 radical (unpaired) electrons. The molecule has 258 valence electrons. The summed E-state index contributed by atoms with van der Waals surface area (Å²) in [5.41, 5.74) is 15.1. The number of fused-ring (bicyclic) bond motifs is 6. The zero-order chi connectivity index (χ0) is 36.3. The molecule has 55 heavy (non-hydrogen) atoms. The number of rotatable bonds is 5. The van der Waals surface area contributed by atoms with Crippen LogP contribution in [0.25, 0.3) is 78.2 Å². The molecule has 0 saturated heterocycles. The van der Waals surface area contributed by atoms with E-state index in [0.717, 1.165) is 50.4 Å². The second kappa shape index (κ2) is 12.8. The van der Waals surface area contributed by atoms with Crippen LogP contribution in [-0.4, -0.2) is 14.5 Å². The highest BCUT2D eigenvalue weighted by Gasteiger charge is 2.31. The number of benzene rings is 7. The van der Waals surface area contributed by atoms with Crippen molar-refractivity contribution in [3.05, 3.63) is 216 Å². The molecule has 2 atom stereocenters. The van der Waals surface area contributed by atoms with Crippen LogP contribution in [0, 0.1) is 5.92 Å². The number of aromatic nitrogens is 3. The molecule has 9 aromatic rings. The Morgan fingerprint density at radius 1 is 0.491 bits per heavy atom. The summed E-state index contributed by atoms with van der Waals surface area (Å²) in [6.45, 7) is 0. The highest BCUT2D eigenvalue weighted by Crippen LogP contribution is 2.45. The molecule has 2 aliphatic rings. The highest BCUT2D eigenvalue weighted by atomic mass is 15.0. The zero-order valence-electron chi connectivity index (χ0n) is 30.0. The second-order valence-electron chi connectivity index (χ2n) is 14.6. The summed E-state index contributed by atoms with van der Waals surface area (Å²) in [6.07, 6.45) is 11.3. The van der Waals surface area contributed by atoms with Crippen LogP contribution in [0.1, 0.15) is 22.6 Å². The molecule has 3 nitrogen and oxygen atoms in total.